The summed E-state index contributed by atoms with van der Waals surface area (Å²) in [6.45, 7) is 6.25. The number of aromatic nitrogens is 3. The van der Waals surface area contributed by atoms with E-state index in [-0.39, 0.29) is 17.7 Å². The number of aryl methyl sites for hydroxylation is 1. The fraction of sp³-hybridized carbons (Fsp3) is 0.333. The Bertz CT molecular complexity index is 897. The van der Waals surface area contributed by atoms with Crippen molar-refractivity contribution in [3.63, 3.8) is 0 Å². The zero-order chi connectivity index (χ0) is 18.7. The Hall–Kier alpha value is -2.25. The molecule has 0 spiro atoms. The van der Waals surface area contributed by atoms with Crippen LogP contribution < -0.4 is 5.32 Å². The Morgan fingerprint density at radius 3 is 2.62 bits per heavy atom. The van der Waals surface area contributed by atoms with Crippen LogP contribution in [0.4, 0.5) is 5.13 Å². The molecule has 3 aromatic rings. The molecule has 0 fully saturated rings. The summed E-state index contributed by atoms with van der Waals surface area (Å²) >= 11 is 7.29. The molecule has 136 valence electrons. The molecule has 0 aliphatic rings. The smallest absolute Gasteiger partial charge is 0.227 e. The van der Waals surface area contributed by atoms with Crippen LogP contribution in [0.1, 0.15) is 38.8 Å². The summed E-state index contributed by atoms with van der Waals surface area (Å²) < 4.78 is 5.21. The van der Waals surface area contributed by atoms with Crippen molar-refractivity contribution in [1.82, 2.24) is 15.1 Å². The maximum Gasteiger partial charge on any atom is 0.227 e. The Balaban J connectivity index is 1.55. The number of anilines is 1. The molecule has 0 atom stereocenters. The van der Waals surface area contributed by atoms with Crippen molar-refractivity contribution in [2.45, 2.75) is 39.0 Å². The van der Waals surface area contributed by atoms with E-state index in [1.807, 2.05) is 17.5 Å². The lowest BCUT2D eigenvalue weighted by Gasteiger charge is -2.14. The van der Waals surface area contributed by atoms with Gasteiger partial charge in [0.25, 0.3) is 0 Å². The third kappa shape index (κ3) is 4.68. The van der Waals surface area contributed by atoms with E-state index in [2.05, 4.69) is 41.2 Å². The molecular formula is C18H19ClN4O2S. The maximum absolute atomic E-state index is 12.1. The maximum atomic E-state index is 12.1. The number of halogens is 1. The molecule has 1 amide bonds. The molecule has 0 radical (unpaired) electrons. The molecule has 0 bridgehead atoms. The molecule has 26 heavy (non-hydrogen) atoms. The second-order valence-electron chi connectivity index (χ2n) is 6.85. The van der Waals surface area contributed by atoms with E-state index in [0.717, 1.165) is 11.3 Å². The summed E-state index contributed by atoms with van der Waals surface area (Å²) in [5, 5.41) is 9.96. The van der Waals surface area contributed by atoms with Gasteiger partial charge in [-0.1, -0.05) is 37.5 Å². The van der Waals surface area contributed by atoms with E-state index >= 15 is 0 Å². The molecule has 1 aromatic carbocycles. The molecule has 0 saturated heterocycles. The van der Waals surface area contributed by atoms with E-state index in [1.165, 1.54) is 11.3 Å². The largest absolute Gasteiger partial charge is 0.339 e. The number of nitrogens with one attached hydrogen (secondary N) is 1. The van der Waals surface area contributed by atoms with Gasteiger partial charge in [0.1, 0.15) is 0 Å². The van der Waals surface area contributed by atoms with Crippen molar-refractivity contribution in [2.75, 3.05) is 5.32 Å². The molecule has 0 aliphatic heterocycles. The van der Waals surface area contributed by atoms with Gasteiger partial charge in [0.2, 0.25) is 17.6 Å². The lowest BCUT2D eigenvalue weighted by atomic mass is 9.93. The second-order valence-corrected chi connectivity index (χ2v) is 8.15. The molecule has 6 nitrogen and oxygen atoms in total. The fourth-order valence-corrected chi connectivity index (χ4v) is 3.23. The zero-order valence-corrected chi connectivity index (χ0v) is 16.3. The predicted octanol–water partition coefficient (Wildman–Crippen LogP) is 4.72. The van der Waals surface area contributed by atoms with Crippen LogP contribution in [-0.4, -0.2) is 21.0 Å². The van der Waals surface area contributed by atoms with Gasteiger partial charge in [-0.15, -0.1) is 11.3 Å². The second kappa shape index (κ2) is 7.55. The fourth-order valence-electron chi connectivity index (χ4n) is 2.15. The highest BCUT2D eigenvalue weighted by Gasteiger charge is 2.18. The minimum Gasteiger partial charge on any atom is -0.339 e. The van der Waals surface area contributed by atoms with Crippen LogP contribution in [0.15, 0.2) is 34.2 Å². The SMILES string of the molecule is CC(C)(C)c1csc(NC(=O)CCc2nc(-c3ccc(Cl)cc3)no2)n1. The van der Waals surface area contributed by atoms with Crippen molar-refractivity contribution >= 4 is 34.0 Å². The van der Waals surface area contributed by atoms with Crippen molar-refractivity contribution in [2.24, 2.45) is 0 Å². The molecule has 0 unspecified atom stereocenters. The number of amides is 1. The van der Waals surface area contributed by atoms with Crippen molar-refractivity contribution in [1.29, 1.82) is 0 Å². The van der Waals surface area contributed by atoms with Crippen LogP contribution in [0.3, 0.4) is 0 Å². The first kappa shape index (κ1) is 18.5. The summed E-state index contributed by atoms with van der Waals surface area (Å²) in [5.74, 6) is 0.762. The highest BCUT2D eigenvalue weighted by atomic mass is 35.5. The van der Waals surface area contributed by atoms with Gasteiger partial charge in [0.15, 0.2) is 5.13 Å². The molecule has 0 aliphatic carbocycles. The minimum atomic E-state index is -0.133. The van der Waals surface area contributed by atoms with Gasteiger partial charge in [0.05, 0.1) is 5.69 Å². The Morgan fingerprint density at radius 2 is 1.96 bits per heavy atom. The first-order valence-electron chi connectivity index (χ1n) is 8.15. The van der Waals surface area contributed by atoms with Crippen LogP contribution in [-0.2, 0) is 16.6 Å². The van der Waals surface area contributed by atoms with Gasteiger partial charge in [-0.3, -0.25) is 4.79 Å². The standard InChI is InChI=1S/C18H19ClN4O2S/c1-18(2,3)13-10-26-17(20-13)21-14(24)8-9-15-22-16(23-25-15)11-4-6-12(19)7-5-11/h4-7,10H,8-9H2,1-3H3,(H,20,21,24). The monoisotopic (exact) mass is 390 g/mol. The van der Waals surface area contributed by atoms with Gasteiger partial charge >= 0.3 is 0 Å². The highest BCUT2D eigenvalue weighted by Crippen LogP contribution is 2.26. The van der Waals surface area contributed by atoms with Crippen LogP contribution in [0.5, 0.6) is 0 Å². The number of carbonyl (C=O) groups excluding carboxylic acids is 1. The van der Waals surface area contributed by atoms with Crippen LogP contribution >= 0.6 is 22.9 Å². The Morgan fingerprint density at radius 1 is 1.23 bits per heavy atom. The average Bonchev–Trinajstić information content (AvgIpc) is 3.22. The lowest BCUT2D eigenvalue weighted by Crippen LogP contribution is -2.14. The number of thiazole rings is 1. The van der Waals surface area contributed by atoms with E-state index < -0.39 is 0 Å². The molecular weight excluding hydrogens is 372 g/mol. The zero-order valence-electron chi connectivity index (χ0n) is 14.7. The van der Waals surface area contributed by atoms with Gasteiger partial charge in [0, 0.05) is 34.2 Å². The number of hydrogen-bond donors (Lipinski definition) is 1. The number of hydrogen-bond acceptors (Lipinski definition) is 6. The predicted molar refractivity (Wildman–Crippen MR) is 103 cm³/mol. The van der Waals surface area contributed by atoms with E-state index in [4.69, 9.17) is 16.1 Å². The third-order valence-corrected chi connectivity index (χ3v) is 4.67. The summed E-state index contributed by atoms with van der Waals surface area (Å²) in [6.07, 6.45) is 0.608. The molecule has 3 rings (SSSR count). The molecule has 1 N–H and O–H groups in total. The lowest BCUT2D eigenvalue weighted by molar-refractivity contribution is -0.116. The quantitative estimate of drug-likeness (QED) is 0.681. The first-order valence-corrected chi connectivity index (χ1v) is 9.41. The molecule has 0 saturated carbocycles. The van der Waals surface area contributed by atoms with Crippen molar-refractivity contribution in [3.05, 3.63) is 46.3 Å². The molecule has 2 aromatic heterocycles. The van der Waals surface area contributed by atoms with E-state index in [9.17, 15) is 4.79 Å². The van der Waals surface area contributed by atoms with Crippen LogP contribution in [0, 0.1) is 0 Å². The van der Waals surface area contributed by atoms with Gasteiger partial charge in [-0.25, -0.2) is 4.98 Å². The average molecular weight is 391 g/mol. The number of benzene rings is 1. The Labute approximate surface area is 160 Å². The summed E-state index contributed by atoms with van der Waals surface area (Å²) in [7, 11) is 0. The molecule has 2 heterocycles. The first-order chi connectivity index (χ1) is 12.3. The van der Waals surface area contributed by atoms with Crippen LogP contribution in [0.2, 0.25) is 5.02 Å². The molecule has 8 heteroatoms. The summed E-state index contributed by atoms with van der Waals surface area (Å²) in [6, 6.07) is 7.17. The van der Waals surface area contributed by atoms with Gasteiger partial charge < -0.3 is 9.84 Å². The topological polar surface area (TPSA) is 80.9 Å². The minimum absolute atomic E-state index is 0.0404. The normalized spacial score (nSPS) is 11.5. The third-order valence-electron chi connectivity index (χ3n) is 3.66. The van der Waals surface area contributed by atoms with Gasteiger partial charge in [-0.2, -0.15) is 4.98 Å². The highest BCUT2D eigenvalue weighted by molar-refractivity contribution is 7.13. The van der Waals surface area contributed by atoms with Crippen molar-refractivity contribution < 1.29 is 9.32 Å². The van der Waals surface area contributed by atoms with Crippen molar-refractivity contribution in [3.8, 4) is 11.4 Å². The number of rotatable bonds is 5. The number of carbonyl (C=O) groups is 1. The number of nitrogens with zero attached hydrogens (tertiary/aromatic N) is 3. The van der Waals surface area contributed by atoms with Crippen LogP contribution in [0.25, 0.3) is 11.4 Å². The van der Waals surface area contributed by atoms with Gasteiger partial charge in [-0.05, 0) is 24.3 Å². The van der Waals surface area contributed by atoms with E-state index in [1.54, 1.807) is 12.1 Å². The van der Waals surface area contributed by atoms with E-state index in [0.29, 0.717) is 28.3 Å². The summed E-state index contributed by atoms with van der Waals surface area (Å²) in [5.41, 5.74) is 1.73. The Kier molecular flexibility index (Phi) is 5.38. The summed E-state index contributed by atoms with van der Waals surface area (Å²) in [4.78, 5) is 20.9.